The van der Waals surface area contributed by atoms with Gasteiger partial charge in [-0.25, -0.2) is 9.59 Å². The zero-order valence-corrected chi connectivity index (χ0v) is 22.6. The number of esters is 1. The van der Waals surface area contributed by atoms with Crippen LogP contribution in [0.2, 0.25) is 0 Å². The molecule has 3 aromatic rings. The molecule has 1 aromatic heterocycles. The van der Waals surface area contributed by atoms with E-state index in [0.29, 0.717) is 41.3 Å². The third-order valence-corrected chi connectivity index (χ3v) is 5.86. The number of hydrogen-bond acceptors (Lipinski definition) is 8. The van der Waals surface area contributed by atoms with Crippen LogP contribution in [0.3, 0.4) is 0 Å². The molecule has 2 aromatic carbocycles. The van der Waals surface area contributed by atoms with E-state index >= 15 is 0 Å². The molecule has 1 fully saturated rings. The highest BCUT2D eigenvalue weighted by molar-refractivity contribution is 6.13. The van der Waals surface area contributed by atoms with Gasteiger partial charge in [0.1, 0.15) is 11.5 Å². The number of para-hydroxylation sites is 1. The highest BCUT2D eigenvalue weighted by atomic mass is 16.5. The first-order valence-corrected chi connectivity index (χ1v) is 12.7. The number of anilines is 1. The molecule has 0 radical (unpaired) electrons. The van der Waals surface area contributed by atoms with Gasteiger partial charge in [-0.1, -0.05) is 24.3 Å². The fourth-order valence-corrected chi connectivity index (χ4v) is 4.07. The Morgan fingerprint density at radius 1 is 1.10 bits per heavy atom. The summed E-state index contributed by atoms with van der Waals surface area (Å²) in [5.41, 5.74) is 1.91. The van der Waals surface area contributed by atoms with Crippen LogP contribution in [-0.4, -0.2) is 49.0 Å². The molecule has 1 aliphatic rings. The van der Waals surface area contributed by atoms with E-state index in [1.54, 1.807) is 30.3 Å². The van der Waals surface area contributed by atoms with Crippen molar-refractivity contribution in [1.29, 1.82) is 0 Å². The zero-order valence-electron chi connectivity index (χ0n) is 22.6. The normalized spacial score (nSPS) is 13.6. The van der Waals surface area contributed by atoms with Crippen LogP contribution in [0.5, 0.6) is 11.5 Å². The van der Waals surface area contributed by atoms with Crippen LogP contribution in [0.25, 0.3) is 6.08 Å². The molecule has 0 bridgehead atoms. The van der Waals surface area contributed by atoms with E-state index in [-0.39, 0.29) is 36.3 Å². The van der Waals surface area contributed by atoms with E-state index in [1.807, 2.05) is 25.1 Å². The SMILES string of the molecule is C=CCc1cc(/C=C2\NC(=O)N(Cc3ccc(C(=O)OC)o3)C2=O)cc(OCC)c1OCC(=O)Nc1ccccc1. The Bertz CT molecular complexity index is 1490. The molecule has 0 aliphatic carbocycles. The predicted molar refractivity (Wildman–Crippen MR) is 149 cm³/mol. The van der Waals surface area contributed by atoms with Crippen LogP contribution in [0, 0.1) is 0 Å². The van der Waals surface area contributed by atoms with E-state index in [0.717, 1.165) is 4.90 Å². The summed E-state index contributed by atoms with van der Waals surface area (Å²) in [7, 11) is 1.22. The van der Waals surface area contributed by atoms with Gasteiger partial charge in [0, 0.05) is 11.3 Å². The summed E-state index contributed by atoms with van der Waals surface area (Å²) >= 11 is 0. The second kappa shape index (κ2) is 13.2. The molecule has 11 heteroatoms. The lowest BCUT2D eigenvalue weighted by molar-refractivity contribution is -0.123. The Balaban J connectivity index is 1.54. The number of benzene rings is 2. The van der Waals surface area contributed by atoms with Crippen molar-refractivity contribution in [3.05, 3.63) is 95.6 Å². The van der Waals surface area contributed by atoms with Crippen LogP contribution in [0.1, 0.15) is 34.4 Å². The molecule has 0 unspecified atom stereocenters. The molecule has 0 spiro atoms. The Morgan fingerprint density at radius 2 is 1.88 bits per heavy atom. The number of rotatable bonds is 12. The molecule has 0 saturated carbocycles. The molecule has 11 nitrogen and oxygen atoms in total. The van der Waals surface area contributed by atoms with Crippen molar-refractivity contribution in [1.82, 2.24) is 10.2 Å². The van der Waals surface area contributed by atoms with E-state index in [2.05, 4.69) is 21.9 Å². The number of methoxy groups -OCH3 is 1. The number of furan rings is 1. The zero-order chi connectivity index (χ0) is 29.4. The molecule has 212 valence electrons. The van der Waals surface area contributed by atoms with Gasteiger partial charge in [0.25, 0.3) is 11.8 Å². The molecule has 41 heavy (non-hydrogen) atoms. The summed E-state index contributed by atoms with van der Waals surface area (Å²) in [6.45, 7) is 5.49. The summed E-state index contributed by atoms with van der Waals surface area (Å²) in [4.78, 5) is 50.7. The number of carbonyl (C=O) groups excluding carboxylic acids is 4. The summed E-state index contributed by atoms with van der Waals surface area (Å²) in [6.07, 6.45) is 3.58. The number of ether oxygens (including phenoxy) is 3. The third-order valence-electron chi connectivity index (χ3n) is 5.86. The Kier molecular flexibility index (Phi) is 9.20. The van der Waals surface area contributed by atoms with Crippen molar-refractivity contribution < 1.29 is 37.8 Å². The van der Waals surface area contributed by atoms with Crippen molar-refractivity contribution in [2.45, 2.75) is 19.9 Å². The number of allylic oxidation sites excluding steroid dienone is 1. The summed E-state index contributed by atoms with van der Waals surface area (Å²) < 4.78 is 21.7. The van der Waals surface area contributed by atoms with Gasteiger partial charge in [0.15, 0.2) is 18.1 Å². The number of urea groups is 1. The maximum absolute atomic E-state index is 13.1. The predicted octanol–water partition coefficient (Wildman–Crippen LogP) is 4.30. The highest BCUT2D eigenvalue weighted by Gasteiger charge is 2.34. The molecule has 4 amide bonds. The van der Waals surface area contributed by atoms with Crippen molar-refractivity contribution in [3.63, 3.8) is 0 Å². The smallest absolute Gasteiger partial charge is 0.373 e. The molecule has 1 saturated heterocycles. The maximum Gasteiger partial charge on any atom is 0.373 e. The molecular formula is C30H29N3O8. The van der Waals surface area contributed by atoms with Crippen LogP contribution < -0.4 is 20.1 Å². The van der Waals surface area contributed by atoms with Gasteiger partial charge < -0.3 is 29.3 Å². The van der Waals surface area contributed by atoms with Gasteiger partial charge in [0.2, 0.25) is 5.76 Å². The topological polar surface area (TPSA) is 136 Å². The first-order chi connectivity index (χ1) is 19.8. The lowest BCUT2D eigenvalue weighted by Crippen LogP contribution is -2.30. The minimum atomic E-state index is -0.668. The molecule has 1 aliphatic heterocycles. The largest absolute Gasteiger partial charge is 0.490 e. The van der Waals surface area contributed by atoms with E-state index in [1.165, 1.54) is 25.3 Å². The van der Waals surface area contributed by atoms with Gasteiger partial charge in [-0.3, -0.25) is 14.5 Å². The monoisotopic (exact) mass is 559 g/mol. The van der Waals surface area contributed by atoms with Crippen molar-refractivity contribution in [2.24, 2.45) is 0 Å². The molecule has 0 atom stereocenters. The van der Waals surface area contributed by atoms with Crippen LogP contribution in [0.4, 0.5) is 10.5 Å². The van der Waals surface area contributed by atoms with Gasteiger partial charge >= 0.3 is 12.0 Å². The first-order valence-electron chi connectivity index (χ1n) is 12.7. The maximum atomic E-state index is 13.1. The fraction of sp³-hybridized carbons (Fsp3) is 0.200. The number of carbonyl (C=O) groups is 4. The van der Waals surface area contributed by atoms with Crippen LogP contribution in [-0.2, 0) is 27.3 Å². The Morgan fingerprint density at radius 3 is 2.59 bits per heavy atom. The standard InChI is InChI=1S/C30H29N3O8/c1-4-9-20-14-19(16-25(39-5-2)27(20)40-18-26(34)31-21-10-7-6-8-11-21)15-23-28(35)33(30(37)32-23)17-22-12-13-24(41-22)29(36)38-3/h4,6-8,10-16H,1,5,9,17-18H2,2-3H3,(H,31,34)(H,32,37)/b23-15-. The third kappa shape index (κ3) is 7.01. The van der Waals surface area contributed by atoms with Gasteiger partial charge in [-0.2, -0.15) is 0 Å². The molecular weight excluding hydrogens is 530 g/mol. The van der Waals surface area contributed by atoms with Gasteiger partial charge in [0.05, 0.1) is 20.3 Å². The Labute approximate surface area is 236 Å². The summed E-state index contributed by atoms with van der Waals surface area (Å²) in [5, 5.41) is 5.33. The summed E-state index contributed by atoms with van der Waals surface area (Å²) in [6, 6.07) is 14.7. The highest BCUT2D eigenvalue weighted by Crippen LogP contribution is 2.35. The molecule has 2 heterocycles. The number of hydrogen-bond donors (Lipinski definition) is 2. The van der Waals surface area contributed by atoms with E-state index < -0.39 is 17.9 Å². The second-order valence-corrected chi connectivity index (χ2v) is 8.77. The quantitative estimate of drug-likeness (QED) is 0.145. The second-order valence-electron chi connectivity index (χ2n) is 8.77. The van der Waals surface area contributed by atoms with Gasteiger partial charge in [-0.15, -0.1) is 6.58 Å². The van der Waals surface area contributed by atoms with Crippen LogP contribution >= 0.6 is 0 Å². The minimum Gasteiger partial charge on any atom is -0.490 e. The average Bonchev–Trinajstić information content (AvgIpc) is 3.53. The fourth-order valence-electron chi connectivity index (χ4n) is 4.07. The number of nitrogens with one attached hydrogen (secondary N) is 2. The van der Waals surface area contributed by atoms with Crippen molar-refractivity contribution >= 4 is 35.6 Å². The number of nitrogens with zero attached hydrogens (tertiary/aromatic N) is 1. The van der Waals surface area contributed by atoms with Crippen LogP contribution in [0.15, 0.2) is 77.4 Å². The Hall–Kier alpha value is -5.32. The average molecular weight is 560 g/mol. The summed E-state index contributed by atoms with van der Waals surface area (Å²) in [5.74, 6) is -0.649. The minimum absolute atomic E-state index is 0.0385. The molecule has 2 N–H and O–H groups in total. The van der Waals surface area contributed by atoms with Gasteiger partial charge in [-0.05, 0) is 61.4 Å². The van der Waals surface area contributed by atoms with Crippen molar-refractivity contribution in [3.8, 4) is 11.5 Å². The van der Waals surface area contributed by atoms with E-state index in [9.17, 15) is 19.2 Å². The number of imide groups is 1. The number of amides is 4. The lowest BCUT2D eigenvalue weighted by Gasteiger charge is -2.17. The van der Waals surface area contributed by atoms with Crippen molar-refractivity contribution in [2.75, 3.05) is 25.6 Å². The van der Waals surface area contributed by atoms with E-state index in [4.69, 9.17) is 13.9 Å². The lowest BCUT2D eigenvalue weighted by atomic mass is 10.0. The first kappa shape index (κ1) is 28.7. The molecule has 4 rings (SSSR count).